The highest BCUT2D eigenvalue weighted by Gasteiger charge is 2.22. The van der Waals surface area contributed by atoms with Crippen LogP contribution in [0.1, 0.15) is 23.8 Å². The number of esters is 1. The molecule has 1 aromatic heterocycles. The number of nitriles is 1. The van der Waals surface area contributed by atoms with Gasteiger partial charge in [-0.25, -0.2) is 4.79 Å². The summed E-state index contributed by atoms with van der Waals surface area (Å²) in [6.07, 6.45) is -0.822. The minimum atomic E-state index is -1.02. The van der Waals surface area contributed by atoms with Gasteiger partial charge < -0.3 is 14.6 Å². The number of H-pyrrole nitrogens is 1. The summed E-state index contributed by atoms with van der Waals surface area (Å²) in [6.45, 7) is 1.70. The molecule has 1 atom stereocenters. The largest absolute Gasteiger partial charge is 0.448 e. The number of hydrogen-bond acceptors (Lipinski definition) is 5. The van der Waals surface area contributed by atoms with Crippen LogP contribution < -0.4 is 5.56 Å². The van der Waals surface area contributed by atoms with Crippen LogP contribution in [0, 0.1) is 11.3 Å². The van der Waals surface area contributed by atoms with E-state index in [1.807, 2.05) is 6.07 Å². The third kappa shape index (κ3) is 3.79. The number of amides is 1. The highest BCUT2D eigenvalue weighted by molar-refractivity contribution is 5.94. The van der Waals surface area contributed by atoms with E-state index in [9.17, 15) is 14.4 Å². The molecule has 0 radical (unpaired) electrons. The van der Waals surface area contributed by atoms with Gasteiger partial charge in [-0.2, -0.15) is 5.26 Å². The number of rotatable bonds is 5. The van der Waals surface area contributed by atoms with Crippen molar-refractivity contribution in [2.45, 2.75) is 19.4 Å². The zero-order valence-corrected chi connectivity index (χ0v) is 13.4. The van der Waals surface area contributed by atoms with Gasteiger partial charge in [0.15, 0.2) is 6.10 Å². The normalized spacial score (nSPS) is 11.5. The average molecular weight is 327 g/mol. The van der Waals surface area contributed by atoms with Gasteiger partial charge in [0.25, 0.3) is 11.5 Å². The molecule has 0 spiro atoms. The number of benzene rings is 1. The monoisotopic (exact) mass is 327 g/mol. The molecule has 7 nitrogen and oxygen atoms in total. The number of carbonyl (C=O) groups excluding carboxylic acids is 2. The Bertz CT molecular complexity index is 866. The van der Waals surface area contributed by atoms with Gasteiger partial charge in [0.05, 0.1) is 12.5 Å². The van der Waals surface area contributed by atoms with Gasteiger partial charge in [-0.3, -0.25) is 9.59 Å². The molecule has 0 unspecified atom stereocenters. The third-order valence-electron chi connectivity index (χ3n) is 3.54. The van der Waals surface area contributed by atoms with E-state index < -0.39 is 23.5 Å². The first kappa shape index (κ1) is 17.2. The molecule has 1 N–H and O–H groups in total. The Hall–Kier alpha value is -3.14. The maximum absolute atomic E-state index is 12.2. The summed E-state index contributed by atoms with van der Waals surface area (Å²) in [6, 6.07) is 10.3. The Labute approximate surface area is 138 Å². The Morgan fingerprint density at radius 3 is 2.79 bits per heavy atom. The minimum absolute atomic E-state index is 0.0157. The molecular weight excluding hydrogens is 310 g/mol. The number of hydrogen-bond donors (Lipinski definition) is 1. The van der Waals surface area contributed by atoms with E-state index in [0.29, 0.717) is 10.8 Å². The summed E-state index contributed by atoms with van der Waals surface area (Å²) < 4.78 is 5.12. The van der Waals surface area contributed by atoms with Crippen LogP contribution >= 0.6 is 0 Å². The first-order valence-electron chi connectivity index (χ1n) is 7.39. The van der Waals surface area contributed by atoms with Crippen LogP contribution in [0.5, 0.6) is 0 Å². The highest BCUT2D eigenvalue weighted by Crippen LogP contribution is 2.11. The Balaban J connectivity index is 2.13. The molecule has 0 aliphatic carbocycles. The smallest absolute Gasteiger partial charge is 0.355 e. The number of aromatic amines is 1. The van der Waals surface area contributed by atoms with Gasteiger partial charge in [0.1, 0.15) is 5.69 Å². The molecule has 0 aliphatic rings. The van der Waals surface area contributed by atoms with Crippen LogP contribution in [0.4, 0.5) is 0 Å². The number of fused-ring (bicyclic) bond motifs is 1. The van der Waals surface area contributed by atoms with Crippen molar-refractivity contribution in [3.05, 3.63) is 46.4 Å². The van der Waals surface area contributed by atoms with Crippen LogP contribution in [-0.4, -0.2) is 41.5 Å². The van der Waals surface area contributed by atoms with Crippen molar-refractivity contribution < 1.29 is 14.3 Å². The molecule has 1 aromatic carbocycles. The fourth-order valence-corrected chi connectivity index (χ4v) is 2.23. The van der Waals surface area contributed by atoms with Crippen molar-refractivity contribution in [1.29, 1.82) is 5.26 Å². The summed E-state index contributed by atoms with van der Waals surface area (Å²) >= 11 is 0. The predicted molar refractivity (Wildman–Crippen MR) is 87.3 cm³/mol. The fraction of sp³-hybridized carbons (Fsp3) is 0.294. The number of likely N-dealkylation sites (N-methyl/N-ethyl adjacent to an activating group) is 1. The molecule has 1 heterocycles. The molecule has 1 amide bonds. The minimum Gasteiger partial charge on any atom is -0.448 e. The van der Waals surface area contributed by atoms with Gasteiger partial charge in [-0.1, -0.05) is 18.2 Å². The lowest BCUT2D eigenvalue weighted by atomic mass is 10.1. The Morgan fingerprint density at radius 1 is 1.38 bits per heavy atom. The zero-order valence-electron chi connectivity index (χ0n) is 13.4. The number of pyridine rings is 1. The summed E-state index contributed by atoms with van der Waals surface area (Å²) in [5.74, 6) is -1.20. The molecule has 0 saturated carbocycles. The van der Waals surface area contributed by atoms with Gasteiger partial charge in [-0.15, -0.1) is 0 Å². The van der Waals surface area contributed by atoms with Crippen LogP contribution in [-0.2, 0) is 9.53 Å². The number of nitrogens with zero attached hydrogens (tertiary/aromatic N) is 2. The molecule has 24 heavy (non-hydrogen) atoms. The van der Waals surface area contributed by atoms with Crippen molar-refractivity contribution in [3.8, 4) is 6.07 Å². The second-order valence-corrected chi connectivity index (χ2v) is 5.31. The predicted octanol–water partition coefficient (Wildman–Crippen LogP) is 1.45. The van der Waals surface area contributed by atoms with Gasteiger partial charge in [0, 0.05) is 19.0 Å². The number of carbonyl (C=O) groups is 2. The first-order chi connectivity index (χ1) is 11.4. The zero-order chi connectivity index (χ0) is 17.7. The van der Waals surface area contributed by atoms with Crippen molar-refractivity contribution in [1.82, 2.24) is 9.88 Å². The molecular formula is C17H17N3O4. The standard InChI is InChI=1S/C17H17N3O4/c1-11(16(22)20(2)9-5-8-18)24-17(23)14-10-12-6-3-4-7-13(12)15(21)19-14/h3-4,6-7,10-11H,5,9H2,1-2H3,(H,19,21)/t11-/m0/s1. The number of ether oxygens (including phenoxy) is 1. The van der Waals surface area contributed by atoms with Gasteiger partial charge >= 0.3 is 5.97 Å². The van der Waals surface area contributed by atoms with Crippen molar-refractivity contribution in [2.75, 3.05) is 13.6 Å². The van der Waals surface area contributed by atoms with Gasteiger partial charge in [0.2, 0.25) is 0 Å². The maximum atomic E-state index is 12.2. The number of aromatic nitrogens is 1. The van der Waals surface area contributed by atoms with E-state index in [1.54, 1.807) is 24.3 Å². The lowest BCUT2D eigenvalue weighted by Gasteiger charge is -2.20. The summed E-state index contributed by atoms with van der Waals surface area (Å²) in [7, 11) is 1.53. The maximum Gasteiger partial charge on any atom is 0.355 e. The molecule has 0 fully saturated rings. The highest BCUT2D eigenvalue weighted by atomic mass is 16.5. The van der Waals surface area contributed by atoms with Crippen LogP contribution in [0.3, 0.4) is 0 Å². The first-order valence-corrected chi connectivity index (χ1v) is 7.39. The topological polar surface area (TPSA) is 103 Å². The van der Waals surface area contributed by atoms with Crippen molar-refractivity contribution in [3.63, 3.8) is 0 Å². The van der Waals surface area contributed by atoms with E-state index in [4.69, 9.17) is 10.00 Å². The SMILES string of the molecule is C[C@H](OC(=O)c1cc2ccccc2c(=O)[nH]1)C(=O)N(C)CCC#N. The fourth-order valence-electron chi connectivity index (χ4n) is 2.23. The summed E-state index contributed by atoms with van der Waals surface area (Å²) in [4.78, 5) is 40.0. The van der Waals surface area contributed by atoms with E-state index >= 15 is 0 Å². The van der Waals surface area contributed by atoms with Crippen molar-refractivity contribution in [2.24, 2.45) is 0 Å². The Kier molecular flexibility index (Phi) is 5.32. The lowest BCUT2D eigenvalue weighted by molar-refractivity contribution is -0.138. The van der Waals surface area contributed by atoms with Crippen LogP contribution in [0.15, 0.2) is 35.1 Å². The molecule has 0 aliphatic heterocycles. The summed E-state index contributed by atoms with van der Waals surface area (Å²) in [5.41, 5.74) is -0.414. The molecule has 2 rings (SSSR count). The average Bonchev–Trinajstić information content (AvgIpc) is 2.58. The lowest BCUT2D eigenvalue weighted by Crippen LogP contribution is -2.38. The quantitative estimate of drug-likeness (QED) is 0.837. The van der Waals surface area contributed by atoms with Gasteiger partial charge in [-0.05, 0) is 24.4 Å². The molecule has 0 saturated heterocycles. The Morgan fingerprint density at radius 2 is 2.08 bits per heavy atom. The molecule has 2 aromatic rings. The third-order valence-corrected chi connectivity index (χ3v) is 3.54. The molecule has 0 bridgehead atoms. The molecule has 7 heteroatoms. The van der Waals surface area contributed by atoms with E-state index in [1.165, 1.54) is 24.9 Å². The second-order valence-electron chi connectivity index (χ2n) is 5.31. The van der Waals surface area contributed by atoms with E-state index in [-0.39, 0.29) is 18.7 Å². The van der Waals surface area contributed by atoms with Crippen LogP contribution in [0.25, 0.3) is 10.8 Å². The summed E-state index contributed by atoms with van der Waals surface area (Å²) in [5, 5.41) is 9.61. The van der Waals surface area contributed by atoms with Crippen molar-refractivity contribution >= 4 is 22.6 Å². The van der Waals surface area contributed by atoms with Crippen LogP contribution in [0.2, 0.25) is 0 Å². The number of nitrogens with one attached hydrogen (secondary N) is 1. The van der Waals surface area contributed by atoms with E-state index in [2.05, 4.69) is 4.98 Å². The molecule has 124 valence electrons. The second kappa shape index (κ2) is 7.42. The van der Waals surface area contributed by atoms with E-state index in [0.717, 1.165) is 0 Å².